The molecule has 10 aliphatic rings. The van der Waals surface area contributed by atoms with Crippen LogP contribution in [0.3, 0.4) is 0 Å². The van der Waals surface area contributed by atoms with Gasteiger partial charge in [0, 0.05) is 93.1 Å². The van der Waals surface area contributed by atoms with Crippen LogP contribution in [0.25, 0.3) is 33.1 Å². The Morgan fingerprint density at radius 1 is 0.397 bits per heavy atom. The number of fused-ring (bicyclic) bond motifs is 19. The zero-order chi connectivity index (χ0) is 99.0. The van der Waals surface area contributed by atoms with E-state index in [1.807, 2.05) is 106 Å². The second-order valence-electron chi connectivity index (χ2n) is 43.2. The van der Waals surface area contributed by atoms with Crippen LogP contribution < -0.4 is 28.4 Å². The van der Waals surface area contributed by atoms with Gasteiger partial charge in [0.05, 0.1) is 111 Å². The molecule has 27 nitrogen and oxygen atoms in total. The molecule has 3 amide bonds. The summed E-state index contributed by atoms with van der Waals surface area (Å²) in [4.78, 5) is 153. The number of methoxy groups -OCH3 is 3. The van der Waals surface area contributed by atoms with Gasteiger partial charge in [-0.3, -0.25) is 28.8 Å². The number of nitrogens with zero attached hydrogens (tertiary/aromatic N) is 9. The first-order valence-corrected chi connectivity index (χ1v) is 49.8. The Balaban J connectivity index is 0.000000200. The second-order valence-corrected chi connectivity index (χ2v) is 43.2. The molecule has 36 heteroatoms. The summed E-state index contributed by atoms with van der Waals surface area (Å²) >= 11 is 0. The number of ether oxygens (including phenoxy) is 9. The van der Waals surface area contributed by atoms with Crippen molar-refractivity contribution in [1.29, 1.82) is 0 Å². The van der Waals surface area contributed by atoms with Crippen molar-refractivity contribution in [2.24, 2.45) is 81.3 Å². The van der Waals surface area contributed by atoms with Crippen molar-refractivity contribution in [3.05, 3.63) is 71.7 Å². The monoisotopic (exact) mass is 2080 g/mol. The summed E-state index contributed by atoms with van der Waals surface area (Å²) in [5.74, 6) is -4.34. The van der Waals surface area contributed by atoms with E-state index in [-0.39, 0.29) is 136 Å². The Kier molecular flexibility index (Phi) is 39.4. The standard InChI is InChI=1S/C36H46F2N3O6.C35H46F2N3O6.C34H44F2N3O6.3V/c1-36(2,3)25-17-32(43)47-33-21-11-10-20(14-21)23(33)8-6-5-7-9-27-34(40-28-15-22(45-4)12-13-26(28)39-27)46-30-18-41(35(25)44)29(19-42)24(30)16-31(37)38;1-34(2,3)24-18-31(42)46-35(4)15-9-11-21(35)10-7-6-8-12-26-32(39-27-16-22(44-5)13-14-25(27)38-26)45-29-19-40(33(24)43)28(20-41)23(29)17-30(36)37;1-34(2,3)23-17-31(41)44-28-12-8-10-20(28)9-6-5-7-11-25-32(38-26-15-21(43-4)13-14-24(26)37-25)45-29-18-39(33(23)42)27(19-40)22(29)16-30(35)36;;;/h12-13,15,20-21,23-25,29-31,33H,5-11,14,16-18H2,1-4H3;13-14,16,21,23-24,28-30H,6-12,15,17-19H2,1-5H3;13-15,20,22-23,27-30H,5-12,16-18H2,1-4H3;;;/q3*-1;;;/t20-,21+,23-,24+,25-,29-,30+,33-;21-,23+,24-,28-,29+,35-;20-,22+,23-,27-,28-,29+;;;/m111.../s1. The van der Waals surface area contributed by atoms with E-state index in [0.29, 0.717) is 104 Å². The van der Waals surface area contributed by atoms with E-state index in [1.165, 1.54) is 14.7 Å². The molecule has 0 N–H and O–H groups in total. The van der Waals surface area contributed by atoms with Gasteiger partial charge < -0.3 is 71.7 Å². The molecule has 16 rings (SSSR count). The Morgan fingerprint density at radius 2 is 0.752 bits per heavy atom. The fourth-order valence-electron chi connectivity index (χ4n) is 23.3. The van der Waals surface area contributed by atoms with Crippen LogP contribution in [0.4, 0.5) is 26.3 Å². The van der Waals surface area contributed by atoms with Crippen molar-refractivity contribution in [3.63, 3.8) is 0 Å². The summed E-state index contributed by atoms with van der Waals surface area (Å²) in [5, 5.41) is 0. The van der Waals surface area contributed by atoms with Crippen molar-refractivity contribution >= 4 is 87.6 Å². The molecule has 9 heterocycles. The summed E-state index contributed by atoms with van der Waals surface area (Å²) in [6.07, 6.45) is 13.0. The van der Waals surface area contributed by atoms with E-state index in [0.717, 1.165) is 135 Å². The molecule has 3 aromatic carbocycles. The number of esters is 3. The summed E-state index contributed by atoms with van der Waals surface area (Å²) in [7, 11) is 4.65. The number of rotatable bonds is 12. The Morgan fingerprint density at radius 3 is 1.13 bits per heavy atom. The number of aryl methyl sites for hydroxylation is 3. The fraction of sp³-hybridized carbons (Fsp3) is 0.686. The minimum absolute atomic E-state index is 0. The molecule has 6 aliphatic heterocycles. The van der Waals surface area contributed by atoms with Gasteiger partial charge in [0.2, 0.25) is 54.6 Å². The molecule has 0 spiro atoms. The summed E-state index contributed by atoms with van der Waals surface area (Å²) < 4.78 is 137. The van der Waals surface area contributed by atoms with Gasteiger partial charge in [-0.1, -0.05) is 119 Å². The van der Waals surface area contributed by atoms with Crippen molar-refractivity contribution in [3.8, 4) is 34.9 Å². The number of alkyl halides is 6. The normalized spacial score (nSPS) is 29.5. The van der Waals surface area contributed by atoms with Gasteiger partial charge in [0.25, 0.3) is 0 Å². The van der Waals surface area contributed by atoms with Crippen LogP contribution in [0, 0.1) is 81.3 Å². The summed E-state index contributed by atoms with van der Waals surface area (Å²) in [5.41, 5.74) is 2.66. The maximum absolute atomic E-state index is 14.3. The zero-order valence-electron chi connectivity index (χ0n) is 83.2. The number of aromatic nitrogens is 6. The smallest absolute Gasteiger partial charge is 0.307 e. The molecule has 7 fully saturated rings. The molecular formula is C105H136F6N9O18V3-3. The molecule has 6 aromatic rings. The van der Waals surface area contributed by atoms with Crippen LogP contribution in [0.5, 0.6) is 34.9 Å². The number of carbonyl (C=O) groups excluding carboxylic acids is 9. The molecule has 3 aromatic heterocycles. The summed E-state index contributed by atoms with van der Waals surface area (Å²) in [6.45, 7) is 18.3. The van der Waals surface area contributed by atoms with Crippen molar-refractivity contribution in [1.82, 2.24) is 44.6 Å². The van der Waals surface area contributed by atoms with Crippen LogP contribution in [0.2, 0.25) is 0 Å². The first kappa shape index (κ1) is 113. The van der Waals surface area contributed by atoms with E-state index in [1.54, 1.807) is 57.7 Å². The van der Waals surface area contributed by atoms with E-state index in [2.05, 4.69) is 0 Å². The molecule has 4 saturated carbocycles. The fourth-order valence-corrected chi connectivity index (χ4v) is 23.3. The predicted octanol–water partition coefficient (Wildman–Crippen LogP) is 18.2. The number of halogens is 6. The SMILES string of the molecule is COc1ccc2nc3c(nc2c1)O[C@H]1CN(C(=O)[C@H](C(C)(C)C)CC(=O)O[C@@H]2CCC[C@H]2CCCCC3)[C@H]([C-]=O)[C@@H]1CC(F)F.COc1ccc2nc3c(nc2c1)O[C@H]1CN(C(=O)[C@H](C(C)(C)C)CC(=O)O[C@@H]2[C@H]4CC[C@H](C4)[C@H]2CCCCC3)[C@H]([C-]=O)[C@@H]1CC(F)F.COc1ccc2nc3c(nc2c1)O[C@H]1CN(C(=O)[C@H](C(C)(C)C)CC(=O)O[C@]2(C)CCC[C@H]2CCCCC3)[C@H]([C-]=O)[C@@H]1CC(F)F.[V].[V].[V]. The topological polar surface area (TPSA) is 324 Å². The third-order valence-corrected chi connectivity index (χ3v) is 31.0. The number of benzene rings is 3. The van der Waals surface area contributed by atoms with Crippen LogP contribution in [0.1, 0.15) is 260 Å². The van der Waals surface area contributed by atoms with Gasteiger partial charge in [-0.05, 0) is 222 Å². The zero-order valence-corrected chi connectivity index (χ0v) is 87.4. The van der Waals surface area contributed by atoms with Gasteiger partial charge in [0.1, 0.15) is 70.5 Å². The van der Waals surface area contributed by atoms with Gasteiger partial charge in [-0.25, -0.2) is 75.1 Å². The van der Waals surface area contributed by atoms with Gasteiger partial charge in [-0.2, -0.15) is 0 Å². The third-order valence-electron chi connectivity index (χ3n) is 31.0. The van der Waals surface area contributed by atoms with E-state index in [9.17, 15) is 69.5 Å². The van der Waals surface area contributed by atoms with Crippen LogP contribution in [-0.4, -0.2) is 214 Å². The molecule has 4 aliphatic carbocycles. The van der Waals surface area contributed by atoms with Crippen LogP contribution in [0.15, 0.2) is 54.6 Å². The minimum Gasteiger partial charge on any atom is -0.540 e. The van der Waals surface area contributed by atoms with Crippen molar-refractivity contribution < 1.29 is 168 Å². The molecule has 20 atom stereocenters. The quantitative estimate of drug-likeness (QED) is 0.0475. The van der Waals surface area contributed by atoms with Gasteiger partial charge in [0.15, 0.2) is 0 Å². The van der Waals surface area contributed by atoms with Crippen molar-refractivity contribution in [2.45, 2.75) is 335 Å². The molecular weight excluding hydrogens is 1940 g/mol. The second kappa shape index (κ2) is 49.2. The van der Waals surface area contributed by atoms with Gasteiger partial charge >= 0.3 is 17.9 Å². The number of carbonyl (C=O) groups is 6. The number of hydrogen-bond donors (Lipinski definition) is 0. The maximum atomic E-state index is 14.3. The van der Waals surface area contributed by atoms with E-state index < -0.39 is 168 Å². The average molecular weight is 2080 g/mol. The van der Waals surface area contributed by atoms with E-state index in [4.69, 9.17) is 72.5 Å². The molecule has 141 heavy (non-hydrogen) atoms. The first-order valence-electron chi connectivity index (χ1n) is 49.8. The Bertz CT molecular complexity index is 5330. The molecule has 8 bridgehead atoms. The third kappa shape index (κ3) is 27.1. The Labute approximate surface area is 858 Å². The molecule has 3 radical (unpaired) electrons. The van der Waals surface area contributed by atoms with Gasteiger partial charge in [-0.15, -0.1) is 0 Å². The predicted molar refractivity (Wildman–Crippen MR) is 500 cm³/mol. The average Bonchev–Trinajstić information content (AvgIpc) is 1.63. The molecule has 3 saturated heterocycles. The number of amides is 3. The number of hydrogen-bond acceptors (Lipinski definition) is 24. The maximum Gasteiger partial charge on any atom is 0.307 e. The Hall–Kier alpha value is -8.36. The molecule has 0 unspecified atom stereocenters. The first-order chi connectivity index (χ1) is 65.8. The van der Waals surface area contributed by atoms with E-state index >= 15 is 0 Å². The largest absolute Gasteiger partial charge is 0.540 e. The van der Waals surface area contributed by atoms with Crippen molar-refractivity contribution in [2.75, 3.05) is 41.0 Å². The molecule has 769 valence electrons. The summed E-state index contributed by atoms with van der Waals surface area (Å²) in [6, 6.07) is 12.2. The van der Waals surface area contributed by atoms with Crippen LogP contribution >= 0.6 is 0 Å². The van der Waals surface area contributed by atoms with Crippen LogP contribution in [-0.2, 0) is 132 Å². The minimum atomic E-state index is -2.75.